The maximum absolute atomic E-state index is 13.6. The van der Waals surface area contributed by atoms with Crippen LogP contribution in [0.15, 0.2) is 121 Å². The third kappa shape index (κ3) is 15.5. The van der Waals surface area contributed by atoms with E-state index in [1.807, 2.05) is 125 Å². The summed E-state index contributed by atoms with van der Waals surface area (Å²) in [6, 6.07) is 37.2. The van der Waals surface area contributed by atoms with Gasteiger partial charge in [-0.3, -0.25) is 9.59 Å². The average Bonchev–Trinajstić information content (AvgIpc) is 3.19. The van der Waals surface area contributed by atoms with E-state index in [0.29, 0.717) is 25.9 Å². The number of carbonyl (C=O) groups is 4. The summed E-state index contributed by atoms with van der Waals surface area (Å²) in [6.07, 6.45) is -0.00352. The monoisotopic (exact) mass is 766 g/mol. The molecule has 10 nitrogen and oxygen atoms in total. The second kappa shape index (κ2) is 22.8. The lowest BCUT2D eigenvalue weighted by Gasteiger charge is -2.27. The Hall–Kier alpha value is -5.29. The Kier molecular flexibility index (Phi) is 17.6. The van der Waals surface area contributed by atoms with E-state index in [-0.39, 0.29) is 47.4 Å². The number of hydrogen-bond acceptors (Lipinski definition) is 7. The van der Waals surface area contributed by atoms with Crippen LogP contribution in [0.1, 0.15) is 49.9 Å². The molecule has 0 spiro atoms. The van der Waals surface area contributed by atoms with Gasteiger partial charge in [-0.25, -0.2) is 9.59 Å². The lowest BCUT2D eigenvalue weighted by atomic mass is 10.0. The molecule has 0 radical (unpaired) electrons. The Morgan fingerprint density at radius 3 is 1.11 bits per heavy atom. The van der Waals surface area contributed by atoms with Crippen LogP contribution in [0.2, 0.25) is 0 Å². The molecule has 11 heteroatoms. The van der Waals surface area contributed by atoms with Crippen molar-refractivity contribution in [2.75, 3.05) is 13.1 Å². The highest BCUT2D eigenvalue weighted by Gasteiger charge is 2.28. The summed E-state index contributed by atoms with van der Waals surface area (Å²) in [5, 5.41) is 11.5. The topological polar surface area (TPSA) is 135 Å². The molecular weight excluding hydrogens is 713 g/mol. The number of amides is 4. The van der Waals surface area contributed by atoms with Crippen molar-refractivity contribution in [3.8, 4) is 0 Å². The highest BCUT2D eigenvalue weighted by molar-refractivity contribution is 8.00. The van der Waals surface area contributed by atoms with Gasteiger partial charge in [0.1, 0.15) is 25.3 Å². The van der Waals surface area contributed by atoms with E-state index >= 15 is 0 Å². The van der Waals surface area contributed by atoms with Crippen LogP contribution >= 0.6 is 11.8 Å². The molecule has 292 valence electrons. The fourth-order valence-electron chi connectivity index (χ4n) is 5.87. The predicted molar refractivity (Wildman–Crippen MR) is 218 cm³/mol. The van der Waals surface area contributed by atoms with E-state index in [4.69, 9.17) is 9.47 Å². The Morgan fingerprint density at radius 1 is 0.491 bits per heavy atom. The summed E-state index contributed by atoms with van der Waals surface area (Å²) in [6.45, 7) is 8.34. The van der Waals surface area contributed by atoms with Crippen LogP contribution < -0.4 is 21.3 Å². The van der Waals surface area contributed by atoms with Crippen LogP contribution in [0.4, 0.5) is 9.59 Å². The highest BCUT2D eigenvalue weighted by Crippen LogP contribution is 2.25. The summed E-state index contributed by atoms with van der Waals surface area (Å²) in [5.41, 5.74) is 3.92. The standard InChI is InChI=1S/C44H54N4O6S/c1-31(2)39(47-43(51)53-29-35-21-13-7-14-22-35)41(49)45-27-37(25-33-17-9-5-10-18-33)55-38(26-34-19-11-6-12-20-34)28-46-42(50)40(32(3)4)48-44(52)54-30-36-23-15-8-16-24-36/h5-24,31-32,37-40H,25-30H2,1-4H3,(H,45,49)(H,46,50)(H,47,51)(H,48,52)/t37-,38-,39-,40-/m0/s1. The zero-order valence-corrected chi connectivity index (χ0v) is 32.9. The van der Waals surface area contributed by atoms with Crippen molar-refractivity contribution < 1.29 is 28.7 Å². The number of carbonyl (C=O) groups excluding carboxylic acids is 4. The summed E-state index contributed by atoms with van der Waals surface area (Å²) in [4.78, 5) is 52.6. The summed E-state index contributed by atoms with van der Waals surface area (Å²) < 4.78 is 10.8. The van der Waals surface area contributed by atoms with Gasteiger partial charge < -0.3 is 30.7 Å². The average molecular weight is 767 g/mol. The first-order chi connectivity index (χ1) is 26.6. The Bertz CT molecular complexity index is 1620. The molecule has 0 unspecified atom stereocenters. The molecule has 0 aliphatic heterocycles. The van der Waals surface area contributed by atoms with E-state index in [0.717, 1.165) is 22.3 Å². The van der Waals surface area contributed by atoms with E-state index in [2.05, 4.69) is 45.5 Å². The minimum absolute atomic E-state index is 0.0817. The number of ether oxygens (including phenoxy) is 2. The van der Waals surface area contributed by atoms with Gasteiger partial charge in [-0.1, -0.05) is 149 Å². The van der Waals surface area contributed by atoms with Gasteiger partial charge in [-0.15, -0.1) is 0 Å². The number of thioether (sulfide) groups is 1. The summed E-state index contributed by atoms with van der Waals surface area (Å²) >= 11 is 1.69. The molecule has 55 heavy (non-hydrogen) atoms. The van der Waals surface area contributed by atoms with Crippen molar-refractivity contribution in [2.24, 2.45) is 11.8 Å². The number of benzene rings is 4. The van der Waals surface area contributed by atoms with E-state index in [1.54, 1.807) is 11.8 Å². The zero-order chi connectivity index (χ0) is 39.4. The van der Waals surface area contributed by atoms with Crippen molar-refractivity contribution in [1.29, 1.82) is 0 Å². The first kappa shape index (κ1) is 42.5. The van der Waals surface area contributed by atoms with Crippen molar-refractivity contribution in [3.63, 3.8) is 0 Å². The SMILES string of the molecule is CC(C)[C@H](NC(=O)OCc1ccccc1)C(=O)NC[C@H](Cc1ccccc1)S[C@H](CNC(=O)[C@@H](NC(=O)OCc1ccccc1)C(C)C)Cc1ccccc1. The molecule has 0 heterocycles. The van der Waals surface area contributed by atoms with Gasteiger partial charge in [0.25, 0.3) is 0 Å². The van der Waals surface area contributed by atoms with Crippen LogP contribution in [-0.4, -0.2) is 59.7 Å². The van der Waals surface area contributed by atoms with Gasteiger partial charge in [-0.2, -0.15) is 11.8 Å². The number of hydrogen-bond donors (Lipinski definition) is 4. The maximum atomic E-state index is 13.6. The van der Waals surface area contributed by atoms with E-state index in [9.17, 15) is 19.2 Å². The fraction of sp³-hybridized carbons (Fsp3) is 0.364. The lowest BCUT2D eigenvalue weighted by molar-refractivity contribution is -0.124. The lowest BCUT2D eigenvalue weighted by Crippen LogP contribution is -2.51. The van der Waals surface area contributed by atoms with Crippen LogP contribution in [0.3, 0.4) is 0 Å². The van der Waals surface area contributed by atoms with E-state index in [1.165, 1.54) is 0 Å². The largest absolute Gasteiger partial charge is 0.445 e. The van der Waals surface area contributed by atoms with Crippen LogP contribution in [0.25, 0.3) is 0 Å². The van der Waals surface area contributed by atoms with Crippen LogP contribution in [0, 0.1) is 11.8 Å². The molecule has 4 aromatic carbocycles. The van der Waals surface area contributed by atoms with Crippen molar-refractivity contribution in [2.45, 2.75) is 76.3 Å². The smallest absolute Gasteiger partial charge is 0.408 e. The minimum Gasteiger partial charge on any atom is -0.445 e. The van der Waals surface area contributed by atoms with Gasteiger partial charge >= 0.3 is 12.2 Å². The fourth-order valence-corrected chi connectivity index (χ4v) is 7.35. The molecular formula is C44H54N4O6S. The van der Waals surface area contributed by atoms with Gasteiger partial charge in [0.15, 0.2) is 0 Å². The van der Waals surface area contributed by atoms with Crippen molar-refractivity contribution in [3.05, 3.63) is 144 Å². The molecule has 0 bridgehead atoms. The highest BCUT2D eigenvalue weighted by atomic mass is 32.2. The van der Waals surface area contributed by atoms with Crippen LogP contribution in [0.5, 0.6) is 0 Å². The van der Waals surface area contributed by atoms with Crippen molar-refractivity contribution in [1.82, 2.24) is 21.3 Å². The molecule has 4 aromatic rings. The number of rotatable bonds is 20. The Balaban J connectivity index is 1.42. The number of nitrogens with one attached hydrogen (secondary N) is 4. The molecule has 0 fully saturated rings. The van der Waals surface area contributed by atoms with Gasteiger partial charge in [0.05, 0.1) is 0 Å². The summed E-state index contributed by atoms with van der Waals surface area (Å²) in [5.74, 6) is -0.987. The first-order valence-electron chi connectivity index (χ1n) is 18.8. The molecule has 0 aliphatic carbocycles. The molecule has 0 saturated carbocycles. The normalized spacial score (nSPS) is 13.2. The molecule has 0 saturated heterocycles. The van der Waals surface area contributed by atoms with Crippen LogP contribution in [-0.2, 0) is 45.1 Å². The maximum Gasteiger partial charge on any atom is 0.408 e. The predicted octanol–water partition coefficient (Wildman–Crippen LogP) is 7.08. The number of alkyl carbamates (subject to hydrolysis) is 2. The quantitative estimate of drug-likeness (QED) is 0.0756. The molecule has 4 rings (SSSR count). The third-order valence-electron chi connectivity index (χ3n) is 8.88. The van der Waals surface area contributed by atoms with Gasteiger partial charge in [0, 0.05) is 23.6 Å². The Labute approximate surface area is 329 Å². The zero-order valence-electron chi connectivity index (χ0n) is 32.1. The Morgan fingerprint density at radius 2 is 0.800 bits per heavy atom. The molecule has 0 aliphatic rings. The minimum atomic E-state index is -0.801. The van der Waals surface area contributed by atoms with Gasteiger partial charge in [-0.05, 0) is 46.9 Å². The molecule has 4 N–H and O–H groups in total. The molecule has 4 amide bonds. The summed E-state index contributed by atoms with van der Waals surface area (Å²) in [7, 11) is 0. The van der Waals surface area contributed by atoms with Crippen molar-refractivity contribution >= 4 is 35.8 Å². The van der Waals surface area contributed by atoms with Gasteiger partial charge in [0.2, 0.25) is 11.8 Å². The molecule has 0 aromatic heterocycles. The second-order valence-corrected chi connectivity index (χ2v) is 15.7. The third-order valence-corrected chi connectivity index (χ3v) is 10.3. The second-order valence-electron chi connectivity index (χ2n) is 14.1. The first-order valence-corrected chi connectivity index (χ1v) is 19.7. The molecule has 4 atom stereocenters. The van der Waals surface area contributed by atoms with E-state index < -0.39 is 24.3 Å².